The Morgan fingerprint density at radius 3 is 2.47 bits per heavy atom. The van der Waals surface area contributed by atoms with Crippen LogP contribution < -0.4 is 5.32 Å². The smallest absolute Gasteiger partial charge is 0.0580 e. The van der Waals surface area contributed by atoms with Crippen LogP contribution in [0.25, 0.3) is 0 Å². The minimum atomic E-state index is -0.0409. The fourth-order valence-corrected chi connectivity index (χ4v) is 2.74. The molecule has 1 fully saturated rings. The Hall–Kier alpha value is -0.0800. The predicted molar refractivity (Wildman–Crippen MR) is 74.2 cm³/mol. The van der Waals surface area contributed by atoms with E-state index in [2.05, 4.69) is 12.2 Å². The van der Waals surface area contributed by atoms with Crippen molar-refractivity contribution in [3.63, 3.8) is 0 Å². The predicted octanol–water partition coefficient (Wildman–Crippen LogP) is 3.49. The number of hydrogen-bond donors (Lipinski definition) is 2. The van der Waals surface area contributed by atoms with Crippen LogP contribution in [0.4, 0.5) is 0 Å². The molecule has 2 atom stereocenters. The molecular weight excluding hydrogens is 210 g/mol. The first-order valence-corrected chi connectivity index (χ1v) is 7.73. The van der Waals surface area contributed by atoms with E-state index in [1.54, 1.807) is 0 Å². The average molecular weight is 241 g/mol. The van der Waals surface area contributed by atoms with E-state index in [-0.39, 0.29) is 6.10 Å². The van der Waals surface area contributed by atoms with Gasteiger partial charge in [-0.05, 0) is 31.7 Å². The van der Waals surface area contributed by atoms with E-state index in [0.29, 0.717) is 5.92 Å². The lowest BCUT2D eigenvalue weighted by molar-refractivity contribution is 0.0697. The lowest BCUT2D eigenvalue weighted by atomic mass is 9.86. The first-order chi connectivity index (χ1) is 8.34. The molecule has 0 saturated heterocycles. The summed E-state index contributed by atoms with van der Waals surface area (Å²) in [4.78, 5) is 0. The summed E-state index contributed by atoms with van der Waals surface area (Å²) in [6.07, 6.45) is 12.9. The van der Waals surface area contributed by atoms with Crippen molar-refractivity contribution in [3.05, 3.63) is 0 Å². The third kappa shape index (κ3) is 7.05. The van der Waals surface area contributed by atoms with Crippen LogP contribution in [0, 0.1) is 5.92 Å². The van der Waals surface area contributed by atoms with E-state index < -0.39 is 0 Å². The van der Waals surface area contributed by atoms with Crippen molar-refractivity contribution in [2.75, 3.05) is 13.1 Å². The zero-order valence-corrected chi connectivity index (χ0v) is 11.6. The van der Waals surface area contributed by atoms with Gasteiger partial charge in [0.2, 0.25) is 0 Å². The van der Waals surface area contributed by atoms with Gasteiger partial charge in [0.25, 0.3) is 0 Å². The number of aliphatic hydroxyl groups is 1. The Morgan fingerprint density at radius 1 is 1.00 bits per heavy atom. The van der Waals surface area contributed by atoms with E-state index in [1.165, 1.54) is 57.8 Å². The zero-order chi connectivity index (χ0) is 12.3. The van der Waals surface area contributed by atoms with Crippen molar-refractivity contribution in [3.8, 4) is 0 Å². The molecule has 2 nitrogen and oxygen atoms in total. The number of hydrogen-bond acceptors (Lipinski definition) is 2. The second kappa shape index (κ2) is 9.90. The highest BCUT2D eigenvalue weighted by atomic mass is 16.3. The van der Waals surface area contributed by atoms with Gasteiger partial charge in [0.05, 0.1) is 6.10 Å². The molecule has 2 unspecified atom stereocenters. The molecule has 0 aromatic rings. The van der Waals surface area contributed by atoms with E-state index >= 15 is 0 Å². The number of aliphatic hydroxyl groups excluding tert-OH is 1. The van der Waals surface area contributed by atoms with Crippen LogP contribution in [0.1, 0.15) is 71.1 Å². The molecule has 2 heteroatoms. The van der Waals surface area contributed by atoms with Crippen LogP contribution in [0.15, 0.2) is 0 Å². The van der Waals surface area contributed by atoms with Gasteiger partial charge in [0, 0.05) is 6.54 Å². The standard InChI is InChI=1S/C15H31NO/c1-2-3-4-5-6-9-12-16-13-14-10-7-8-11-15(14)17/h14-17H,2-13H2,1H3. The van der Waals surface area contributed by atoms with Crippen molar-refractivity contribution in [1.29, 1.82) is 0 Å². The Balaban J connectivity index is 1.86. The molecule has 1 aliphatic rings. The molecule has 102 valence electrons. The third-order valence-corrected chi connectivity index (χ3v) is 3.98. The van der Waals surface area contributed by atoms with Crippen LogP contribution in [0.3, 0.4) is 0 Å². The first-order valence-electron chi connectivity index (χ1n) is 7.73. The highest BCUT2D eigenvalue weighted by Gasteiger charge is 2.21. The normalized spacial score (nSPS) is 25.1. The largest absolute Gasteiger partial charge is 0.393 e. The highest BCUT2D eigenvalue weighted by molar-refractivity contribution is 4.75. The fourth-order valence-electron chi connectivity index (χ4n) is 2.74. The molecule has 17 heavy (non-hydrogen) atoms. The van der Waals surface area contributed by atoms with Crippen molar-refractivity contribution >= 4 is 0 Å². The van der Waals surface area contributed by atoms with Crippen LogP contribution in [0.5, 0.6) is 0 Å². The minimum Gasteiger partial charge on any atom is -0.393 e. The second-order valence-corrected chi connectivity index (χ2v) is 5.58. The summed E-state index contributed by atoms with van der Waals surface area (Å²) >= 11 is 0. The topological polar surface area (TPSA) is 32.3 Å². The maximum atomic E-state index is 9.83. The zero-order valence-electron chi connectivity index (χ0n) is 11.6. The Kier molecular flexibility index (Phi) is 8.72. The summed E-state index contributed by atoms with van der Waals surface area (Å²) in [7, 11) is 0. The van der Waals surface area contributed by atoms with Gasteiger partial charge in [-0.15, -0.1) is 0 Å². The quantitative estimate of drug-likeness (QED) is 0.606. The Morgan fingerprint density at radius 2 is 1.71 bits per heavy atom. The minimum absolute atomic E-state index is 0.0409. The molecule has 1 aliphatic carbocycles. The molecule has 2 N–H and O–H groups in total. The maximum Gasteiger partial charge on any atom is 0.0580 e. The average Bonchev–Trinajstić information content (AvgIpc) is 2.35. The van der Waals surface area contributed by atoms with Crippen LogP contribution in [-0.4, -0.2) is 24.3 Å². The molecular formula is C15H31NO. The molecule has 0 amide bonds. The summed E-state index contributed by atoms with van der Waals surface area (Å²) < 4.78 is 0. The molecule has 0 bridgehead atoms. The van der Waals surface area contributed by atoms with Gasteiger partial charge in [-0.1, -0.05) is 51.9 Å². The first kappa shape index (κ1) is 15.0. The lowest BCUT2D eigenvalue weighted by Gasteiger charge is -2.27. The van der Waals surface area contributed by atoms with Gasteiger partial charge in [0.15, 0.2) is 0 Å². The fraction of sp³-hybridized carbons (Fsp3) is 1.00. The van der Waals surface area contributed by atoms with Gasteiger partial charge in [-0.2, -0.15) is 0 Å². The van der Waals surface area contributed by atoms with Gasteiger partial charge in [-0.25, -0.2) is 0 Å². The van der Waals surface area contributed by atoms with E-state index in [9.17, 15) is 5.11 Å². The SMILES string of the molecule is CCCCCCCCNCC1CCCCC1O. The monoisotopic (exact) mass is 241 g/mol. The molecule has 0 heterocycles. The molecule has 1 rings (SSSR count). The molecule has 0 spiro atoms. The summed E-state index contributed by atoms with van der Waals surface area (Å²) in [5, 5.41) is 13.3. The number of rotatable bonds is 9. The van der Waals surface area contributed by atoms with Crippen LogP contribution in [-0.2, 0) is 0 Å². The number of nitrogens with one attached hydrogen (secondary N) is 1. The van der Waals surface area contributed by atoms with Crippen molar-refractivity contribution in [2.24, 2.45) is 5.92 Å². The van der Waals surface area contributed by atoms with Crippen LogP contribution in [0.2, 0.25) is 0 Å². The summed E-state index contributed by atoms with van der Waals surface area (Å²) in [5.74, 6) is 0.517. The summed E-state index contributed by atoms with van der Waals surface area (Å²) in [5.41, 5.74) is 0. The Labute approximate surface area is 107 Å². The van der Waals surface area contributed by atoms with Gasteiger partial charge >= 0.3 is 0 Å². The van der Waals surface area contributed by atoms with Crippen molar-refractivity contribution < 1.29 is 5.11 Å². The summed E-state index contributed by atoms with van der Waals surface area (Å²) in [6.45, 7) is 4.42. The van der Waals surface area contributed by atoms with Gasteiger partial charge in [0.1, 0.15) is 0 Å². The van der Waals surface area contributed by atoms with E-state index in [4.69, 9.17) is 0 Å². The number of unbranched alkanes of at least 4 members (excludes halogenated alkanes) is 5. The second-order valence-electron chi connectivity index (χ2n) is 5.58. The van der Waals surface area contributed by atoms with E-state index in [0.717, 1.165) is 19.5 Å². The van der Waals surface area contributed by atoms with Crippen molar-refractivity contribution in [2.45, 2.75) is 77.2 Å². The molecule has 0 radical (unpaired) electrons. The molecule has 0 aromatic heterocycles. The van der Waals surface area contributed by atoms with Gasteiger partial charge < -0.3 is 10.4 Å². The third-order valence-electron chi connectivity index (χ3n) is 3.98. The molecule has 0 aliphatic heterocycles. The van der Waals surface area contributed by atoms with Crippen LogP contribution >= 0.6 is 0 Å². The van der Waals surface area contributed by atoms with Crippen molar-refractivity contribution in [1.82, 2.24) is 5.32 Å². The Bertz CT molecular complexity index is 172. The molecule has 1 saturated carbocycles. The van der Waals surface area contributed by atoms with E-state index in [1.807, 2.05) is 0 Å². The lowest BCUT2D eigenvalue weighted by Crippen LogP contribution is -2.34. The molecule has 0 aromatic carbocycles. The highest BCUT2D eigenvalue weighted by Crippen LogP contribution is 2.23. The van der Waals surface area contributed by atoms with Gasteiger partial charge in [-0.3, -0.25) is 0 Å². The maximum absolute atomic E-state index is 9.83. The summed E-state index contributed by atoms with van der Waals surface area (Å²) in [6, 6.07) is 0.